The summed E-state index contributed by atoms with van der Waals surface area (Å²) in [6.45, 7) is 8.76. The molecule has 2 aromatic carbocycles. The summed E-state index contributed by atoms with van der Waals surface area (Å²) >= 11 is 0. The molecule has 0 fully saturated rings. The second-order valence-electron chi connectivity index (χ2n) is 11.0. The summed E-state index contributed by atoms with van der Waals surface area (Å²) < 4.78 is 21.0. The minimum atomic E-state index is 0.122. The molecule has 0 spiro atoms. The van der Waals surface area contributed by atoms with E-state index in [9.17, 15) is 5.11 Å². The Balaban J connectivity index is 1.58. The van der Waals surface area contributed by atoms with Gasteiger partial charge in [0.25, 0.3) is 0 Å². The fourth-order valence-electron chi connectivity index (χ4n) is 5.02. The van der Waals surface area contributed by atoms with Gasteiger partial charge in [-0.3, -0.25) is 0 Å². The summed E-state index contributed by atoms with van der Waals surface area (Å²) in [5, 5.41) is 10.2. The van der Waals surface area contributed by atoms with Gasteiger partial charge in [0, 0.05) is 55.1 Å². The van der Waals surface area contributed by atoms with Gasteiger partial charge in [-0.15, -0.1) is 0 Å². The van der Waals surface area contributed by atoms with Crippen LogP contribution < -0.4 is 15.6 Å². The highest BCUT2D eigenvalue weighted by Gasteiger charge is 2.15. The SMILES string of the molecule is CCC(CCO)CN(/C=C(\C)c1ccc(C)cc1)/C=C(\C)N(F)c1ccc(-c2cc(-c3ccnc(OC)c3)cnc2N)cc1. The number of anilines is 2. The number of pyridine rings is 2. The molecule has 4 rings (SSSR count). The van der Waals surface area contributed by atoms with Gasteiger partial charge in [-0.1, -0.05) is 59.8 Å². The Morgan fingerprint density at radius 1 is 0.977 bits per heavy atom. The van der Waals surface area contributed by atoms with Crippen LogP contribution in [-0.4, -0.2) is 40.2 Å². The number of allylic oxidation sites excluding steroid dienone is 2. The van der Waals surface area contributed by atoms with Crippen LogP contribution in [0.3, 0.4) is 0 Å². The second-order valence-corrected chi connectivity index (χ2v) is 11.0. The van der Waals surface area contributed by atoms with Crippen molar-refractivity contribution in [2.24, 2.45) is 5.92 Å². The lowest BCUT2D eigenvalue weighted by molar-refractivity contribution is 0.238. The highest BCUT2D eigenvalue weighted by Crippen LogP contribution is 2.32. The maximum atomic E-state index is 15.8. The standard InChI is InChI=1S/C36H42FN5O2/c1-6-28(16-18-43)24-41(22-26(3)29-9-7-25(2)8-10-29)23-27(4)42(37)33-13-11-30(12-14-33)34-19-32(21-40-36(34)38)31-15-17-39-35(20-31)44-5/h7-15,17,19-23,28,43H,6,16,18,24H2,1-5H3,(H2,38,40)/b26-22+,27-23+. The molecule has 0 saturated heterocycles. The van der Waals surface area contributed by atoms with Crippen LogP contribution >= 0.6 is 0 Å². The van der Waals surface area contributed by atoms with Gasteiger partial charge >= 0.3 is 0 Å². The van der Waals surface area contributed by atoms with Gasteiger partial charge in [0.1, 0.15) is 5.82 Å². The summed E-state index contributed by atoms with van der Waals surface area (Å²) in [5.74, 6) is 1.16. The van der Waals surface area contributed by atoms with Crippen LogP contribution in [0.5, 0.6) is 5.88 Å². The van der Waals surface area contributed by atoms with Crippen molar-refractivity contribution in [1.29, 1.82) is 0 Å². The zero-order chi connectivity index (χ0) is 31.6. The van der Waals surface area contributed by atoms with E-state index in [0.717, 1.165) is 39.8 Å². The first-order valence-electron chi connectivity index (χ1n) is 14.8. The molecule has 0 bridgehead atoms. The number of aliphatic hydroxyl groups is 1. The van der Waals surface area contributed by atoms with Crippen molar-refractivity contribution in [3.05, 3.63) is 108 Å². The molecule has 1 unspecified atom stereocenters. The Kier molecular flexibility index (Phi) is 11.1. The first-order chi connectivity index (χ1) is 21.2. The maximum absolute atomic E-state index is 15.8. The molecule has 2 heterocycles. The van der Waals surface area contributed by atoms with Crippen LogP contribution in [0.2, 0.25) is 0 Å². The number of methoxy groups -OCH3 is 1. The Hall–Kier alpha value is -4.69. The van der Waals surface area contributed by atoms with Gasteiger partial charge in [0.2, 0.25) is 5.88 Å². The Labute approximate surface area is 260 Å². The largest absolute Gasteiger partial charge is 0.481 e. The van der Waals surface area contributed by atoms with Gasteiger partial charge in [-0.05, 0) is 79.6 Å². The maximum Gasteiger partial charge on any atom is 0.213 e. The lowest BCUT2D eigenvalue weighted by Crippen LogP contribution is -2.23. The van der Waals surface area contributed by atoms with Gasteiger partial charge in [-0.2, -0.15) is 5.12 Å². The van der Waals surface area contributed by atoms with Crippen molar-refractivity contribution in [3.8, 4) is 28.1 Å². The zero-order valence-electron chi connectivity index (χ0n) is 26.2. The molecule has 8 heteroatoms. The third-order valence-electron chi connectivity index (χ3n) is 7.71. The lowest BCUT2D eigenvalue weighted by atomic mass is 10.0. The first kappa shape index (κ1) is 32.2. The fraction of sp³-hybridized carbons (Fsp3) is 0.278. The van der Waals surface area contributed by atoms with E-state index in [1.165, 1.54) is 5.56 Å². The number of nitrogens with two attached hydrogens (primary N) is 1. The molecular weight excluding hydrogens is 553 g/mol. The summed E-state index contributed by atoms with van der Waals surface area (Å²) in [6.07, 6.45) is 8.86. The molecule has 4 aromatic rings. The molecule has 0 saturated carbocycles. The van der Waals surface area contributed by atoms with Gasteiger partial charge in [0.05, 0.1) is 18.5 Å². The highest BCUT2D eigenvalue weighted by atomic mass is 19.2. The van der Waals surface area contributed by atoms with Crippen molar-refractivity contribution < 1.29 is 14.3 Å². The minimum absolute atomic E-state index is 0.122. The number of aliphatic hydroxyl groups excluding tert-OH is 1. The molecule has 1 atom stereocenters. The van der Waals surface area contributed by atoms with Crippen molar-refractivity contribution in [1.82, 2.24) is 14.9 Å². The highest BCUT2D eigenvalue weighted by molar-refractivity contribution is 5.80. The zero-order valence-corrected chi connectivity index (χ0v) is 26.2. The summed E-state index contributed by atoms with van der Waals surface area (Å²) in [4.78, 5) is 10.6. The quantitative estimate of drug-likeness (QED) is 0.151. The van der Waals surface area contributed by atoms with E-state index in [2.05, 4.69) is 55.0 Å². The van der Waals surface area contributed by atoms with Gasteiger partial charge in [-0.25, -0.2) is 9.97 Å². The molecule has 3 N–H and O–H groups in total. The molecule has 0 aliphatic heterocycles. The van der Waals surface area contributed by atoms with E-state index in [0.29, 0.717) is 41.2 Å². The van der Waals surface area contributed by atoms with Crippen LogP contribution in [-0.2, 0) is 0 Å². The molecule has 7 nitrogen and oxygen atoms in total. The van der Waals surface area contributed by atoms with Crippen molar-refractivity contribution in [2.45, 2.75) is 40.5 Å². The molecule has 230 valence electrons. The molecule has 0 radical (unpaired) electrons. The average Bonchev–Trinajstić information content (AvgIpc) is 3.04. The second kappa shape index (κ2) is 15.2. The number of benzene rings is 2. The number of aryl methyl sites for hydroxylation is 1. The predicted octanol–water partition coefficient (Wildman–Crippen LogP) is 8.03. The topological polar surface area (TPSA) is 87.7 Å². The Morgan fingerprint density at radius 2 is 1.70 bits per heavy atom. The third kappa shape index (κ3) is 8.23. The van der Waals surface area contributed by atoms with E-state index < -0.39 is 0 Å². The number of halogens is 1. The summed E-state index contributed by atoms with van der Waals surface area (Å²) in [6, 6.07) is 21.2. The van der Waals surface area contributed by atoms with Crippen LogP contribution in [0.1, 0.15) is 44.7 Å². The number of hydrogen-bond acceptors (Lipinski definition) is 7. The van der Waals surface area contributed by atoms with Crippen molar-refractivity contribution in [3.63, 3.8) is 0 Å². The van der Waals surface area contributed by atoms with Crippen molar-refractivity contribution >= 4 is 17.1 Å². The van der Waals surface area contributed by atoms with E-state index in [1.54, 1.807) is 38.6 Å². The van der Waals surface area contributed by atoms with E-state index >= 15 is 4.48 Å². The molecular formula is C36H42FN5O2. The van der Waals surface area contributed by atoms with Crippen LogP contribution in [0.15, 0.2) is 97.2 Å². The summed E-state index contributed by atoms with van der Waals surface area (Å²) in [5.41, 5.74) is 13.8. The normalized spacial score (nSPS) is 12.6. The lowest BCUT2D eigenvalue weighted by Gasteiger charge is -2.25. The minimum Gasteiger partial charge on any atom is -0.481 e. The number of nitrogen functional groups attached to an aromatic ring is 1. The van der Waals surface area contributed by atoms with E-state index in [4.69, 9.17) is 10.5 Å². The fourth-order valence-corrected chi connectivity index (χ4v) is 5.02. The van der Waals surface area contributed by atoms with Crippen LogP contribution in [0.4, 0.5) is 16.0 Å². The first-order valence-corrected chi connectivity index (χ1v) is 14.8. The molecule has 2 aromatic heterocycles. The third-order valence-corrected chi connectivity index (χ3v) is 7.71. The number of rotatable bonds is 13. The van der Waals surface area contributed by atoms with E-state index in [-0.39, 0.29) is 12.5 Å². The van der Waals surface area contributed by atoms with Crippen LogP contribution in [0.25, 0.3) is 27.8 Å². The average molecular weight is 596 g/mol. The van der Waals surface area contributed by atoms with Gasteiger partial charge < -0.3 is 20.5 Å². The number of ether oxygens (including phenoxy) is 1. The monoisotopic (exact) mass is 595 g/mol. The number of nitrogens with zero attached hydrogens (tertiary/aromatic N) is 4. The number of aromatic nitrogens is 2. The summed E-state index contributed by atoms with van der Waals surface area (Å²) in [7, 11) is 1.57. The van der Waals surface area contributed by atoms with E-state index in [1.807, 2.05) is 47.6 Å². The van der Waals surface area contributed by atoms with Gasteiger partial charge in [0.15, 0.2) is 0 Å². The Morgan fingerprint density at radius 3 is 2.36 bits per heavy atom. The molecule has 44 heavy (non-hydrogen) atoms. The predicted molar refractivity (Wildman–Crippen MR) is 178 cm³/mol. The molecule has 0 aliphatic carbocycles. The molecule has 0 amide bonds. The van der Waals surface area contributed by atoms with Crippen LogP contribution in [0, 0.1) is 12.8 Å². The Bertz CT molecular complexity index is 1590. The van der Waals surface area contributed by atoms with Crippen molar-refractivity contribution in [2.75, 3.05) is 31.1 Å². The number of hydrogen-bond donors (Lipinski definition) is 2. The smallest absolute Gasteiger partial charge is 0.213 e. The molecule has 0 aliphatic rings.